The number of pyridine rings is 1. The number of nitrogens with one attached hydrogen (secondary N) is 1. The lowest BCUT2D eigenvalue weighted by atomic mass is 10.1. The molecule has 0 fully saturated rings. The monoisotopic (exact) mass is 346 g/mol. The number of carbonyl (C=O) groups excluding carboxylic acids is 1. The first kappa shape index (κ1) is 16.2. The fourth-order valence-corrected chi connectivity index (χ4v) is 3.02. The van der Waals surface area contributed by atoms with Crippen molar-refractivity contribution in [3.8, 4) is 11.5 Å². The van der Waals surface area contributed by atoms with Crippen LogP contribution in [0.1, 0.15) is 18.4 Å². The molecule has 2 heterocycles. The van der Waals surface area contributed by atoms with Gasteiger partial charge >= 0.3 is 0 Å². The minimum atomic E-state index is -0.121. The number of rotatable bonds is 6. The van der Waals surface area contributed by atoms with Crippen molar-refractivity contribution in [1.82, 2.24) is 20.4 Å². The van der Waals surface area contributed by atoms with E-state index in [2.05, 4.69) is 20.4 Å². The minimum Gasteiger partial charge on any atom is -0.355 e. The molecule has 0 saturated heterocycles. The average molecular weight is 346 g/mol. The Morgan fingerprint density at radius 1 is 1.15 bits per heavy atom. The van der Waals surface area contributed by atoms with Crippen LogP contribution in [-0.2, 0) is 11.2 Å². The topological polar surface area (TPSA) is 80.9 Å². The molecule has 1 aliphatic rings. The van der Waals surface area contributed by atoms with Gasteiger partial charge in [-0.2, -0.15) is 4.98 Å². The molecule has 0 spiro atoms. The first-order valence-electron chi connectivity index (χ1n) is 8.52. The predicted octanol–water partition coefficient (Wildman–Crippen LogP) is 2.89. The molecular weight excluding hydrogens is 328 g/mol. The van der Waals surface area contributed by atoms with E-state index >= 15 is 0 Å². The van der Waals surface area contributed by atoms with Crippen LogP contribution in [0.3, 0.4) is 0 Å². The van der Waals surface area contributed by atoms with Crippen molar-refractivity contribution < 1.29 is 9.32 Å². The predicted molar refractivity (Wildman–Crippen MR) is 96.8 cm³/mol. The molecule has 1 atom stereocenters. The van der Waals surface area contributed by atoms with Gasteiger partial charge in [-0.15, -0.1) is 0 Å². The largest absolute Gasteiger partial charge is 0.355 e. The lowest BCUT2D eigenvalue weighted by molar-refractivity contribution is -0.121. The van der Waals surface area contributed by atoms with Crippen LogP contribution in [0.4, 0.5) is 0 Å². The second-order valence-electron chi connectivity index (χ2n) is 6.16. The summed E-state index contributed by atoms with van der Waals surface area (Å²) in [4.78, 5) is 20.9. The van der Waals surface area contributed by atoms with E-state index in [1.165, 1.54) is 0 Å². The second kappa shape index (κ2) is 6.92. The van der Waals surface area contributed by atoms with E-state index < -0.39 is 0 Å². The van der Waals surface area contributed by atoms with Gasteiger partial charge in [0, 0.05) is 19.2 Å². The van der Waals surface area contributed by atoms with Crippen LogP contribution in [0.2, 0.25) is 0 Å². The molecule has 0 aliphatic heterocycles. The molecule has 0 saturated carbocycles. The summed E-state index contributed by atoms with van der Waals surface area (Å²) in [6, 6.07) is 15.5. The van der Waals surface area contributed by atoms with E-state index in [9.17, 15) is 4.79 Å². The summed E-state index contributed by atoms with van der Waals surface area (Å²) in [6.07, 6.45) is 2.17. The molecule has 2 aromatic heterocycles. The highest BCUT2D eigenvalue weighted by Crippen LogP contribution is 2.46. The molecule has 26 heavy (non-hydrogen) atoms. The molecule has 0 unspecified atom stereocenters. The molecule has 1 aromatic carbocycles. The summed E-state index contributed by atoms with van der Waals surface area (Å²) in [5.74, 6) is 0.836. The molecule has 6 heteroatoms. The standard InChI is InChI=1S/C20H18N4O2/c1-13-17(14-7-3-2-4-8-14)18(13)20(25)22-12-10-16-23-19(24-26-16)15-9-5-6-11-21-15/h2-9,11,18H,10,12H2,1H3,(H,22,25)/t18-/m0/s1. The Kier molecular flexibility index (Phi) is 4.31. The Balaban J connectivity index is 1.29. The van der Waals surface area contributed by atoms with Crippen LogP contribution >= 0.6 is 0 Å². The molecule has 0 bridgehead atoms. The average Bonchev–Trinajstić information content (AvgIpc) is 3.13. The maximum Gasteiger partial charge on any atom is 0.231 e. The first-order chi connectivity index (χ1) is 12.7. The van der Waals surface area contributed by atoms with Crippen LogP contribution in [0.25, 0.3) is 17.1 Å². The molecule has 3 aromatic rings. The number of carbonyl (C=O) groups is 1. The van der Waals surface area contributed by atoms with Crippen molar-refractivity contribution in [2.45, 2.75) is 13.3 Å². The summed E-state index contributed by atoms with van der Waals surface area (Å²) < 4.78 is 5.23. The Morgan fingerprint density at radius 3 is 2.73 bits per heavy atom. The van der Waals surface area contributed by atoms with Crippen molar-refractivity contribution in [1.29, 1.82) is 0 Å². The summed E-state index contributed by atoms with van der Waals surface area (Å²) in [5.41, 5.74) is 4.03. The van der Waals surface area contributed by atoms with Gasteiger partial charge in [0.2, 0.25) is 17.6 Å². The zero-order valence-electron chi connectivity index (χ0n) is 14.3. The van der Waals surface area contributed by atoms with E-state index in [1.54, 1.807) is 6.20 Å². The molecule has 130 valence electrons. The Bertz CT molecular complexity index is 948. The van der Waals surface area contributed by atoms with Gasteiger partial charge in [-0.3, -0.25) is 9.78 Å². The first-order valence-corrected chi connectivity index (χ1v) is 8.52. The van der Waals surface area contributed by atoms with Crippen molar-refractivity contribution in [3.63, 3.8) is 0 Å². The van der Waals surface area contributed by atoms with Gasteiger partial charge in [-0.05, 0) is 30.2 Å². The third kappa shape index (κ3) is 3.26. The number of hydrogen-bond donors (Lipinski definition) is 1. The third-order valence-corrected chi connectivity index (χ3v) is 4.41. The third-order valence-electron chi connectivity index (χ3n) is 4.41. The van der Waals surface area contributed by atoms with Crippen molar-refractivity contribution in [2.24, 2.45) is 5.92 Å². The smallest absolute Gasteiger partial charge is 0.231 e. The van der Waals surface area contributed by atoms with Crippen LogP contribution < -0.4 is 5.32 Å². The van der Waals surface area contributed by atoms with Crippen molar-refractivity contribution in [3.05, 3.63) is 71.8 Å². The number of benzene rings is 1. The van der Waals surface area contributed by atoms with Crippen molar-refractivity contribution >= 4 is 11.5 Å². The van der Waals surface area contributed by atoms with E-state index in [4.69, 9.17) is 4.52 Å². The van der Waals surface area contributed by atoms with Gasteiger partial charge in [0.05, 0.1) is 5.92 Å². The highest BCUT2D eigenvalue weighted by atomic mass is 16.5. The second-order valence-corrected chi connectivity index (χ2v) is 6.16. The fraction of sp³-hybridized carbons (Fsp3) is 0.200. The summed E-state index contributed by atoms with van der Waals surface area (Å²) in [5, 5.41) is 6.87. The quantitative estimate of drug-likeness (QED) is 0.742. The molecule has 1 N–H and O–H groups in total. The highest BCUT2D eigenvalue weighted by Gasteiger charge is 2.39. The zero-order chi connectivity index (χ0) is 17.9. The van der Waals surface area contributed by atoms with Crippen LogP contribution in [0, 0.1) is 5.92 Å². The number of aromatic nitrogens is 3. The zero-order valence-corrected chi connectivity index (χ0v) is 14.3. The number of amides is 1. The van der Waals surface area contributed by atoms with Gasteiger partial charge in [0.1, 0.15) is 5.69 Å². The molecule has 1 amide bonds. The van der Waals surface area contributed by atoms with Gasteiger partial charge in [-0.25, -0.2) is 0 Å². The van der Waals surface area contributed by atoms with Crippen LogP contribution in [-0.4, -0.2) is 27.6 Å². The number of hydrogen-bond acceptors (Lipinski definition) is 5. The SMILES string of the molecule is CC1=C(c2ccccc2)[C@H]1C(=O)NCCc1nc(-c2ccccn2)no1. The maximum absolute atomic E-state index is 12.4. The van der Waals surface area contributed by atoms with E-state index in [1.807, 2.05) is 55.5 Å². The molecular formula is C20H18N4O2. The van der Waals surface area contributed by atoms with Gasteiger partial charge in [-0.1, -0.05) is 47.1 Å². The molecule has 0 radical (unpaired) electrons. The fourth-order valence-electron chi connectivity index (χ4n) is 3.02. The normalized spacial score (nSPS) is 15.8. The Morgan fingerprint density at radius 2 is 1.96 bits per heavy atom. The molecule has 6 nitrogen and oxygen atoms in total. The number of nitrogens with zero attached hydrogens (tertiary/aromatic N) is 3. The highest BCUT2D eigenvalue weighted by molar-refractivity contribution is 6.05. The van der Waals surface area contributed by atoms with Gasteiger partial charge < -0.3 is 9.84 Å². The van der Waals surface area contributed by atoms with Crippen molar-refractivity contribution in [2.75, 3.05) is 6.54 Å². The van der Waals surface area contributed by atoms with Gasteiger partial charge in [0.15, 0.2) is 0 Å². The van der Waals surface area contributed by atoms with Gasteiger partial charge in [0.25, 0.3) is 0 Å². The lowest BCUT2D eigenvalue weighted by Gasteiger charge is -2.04. The lowest BCUT2D eigenvalue weighted by Crippen LogP contribution is -2.28. The van der Waals surface area contributed by atoms with Crippen LogP contribution in [0.5, 0.6) is 0 Å². The summed E-state index contributed by atoms with van der Waals surface area (Å²) >= 11 is 0. The maximum atomic E-state index is 12.4. The summed E-state index contributed by atoms with van der Waals surface area (Å²) in [6.45, 7) is 2.46. The molecule has 4 rings (SSSR count). The Hall–Kier alpha value is -3.28. The van der Waals surface area contributed by atoms with E-state index in [0.717, 1.165) is 16.7 Å². The van der Waals surface area contributed by atoms with E-state index in [0.29, 0.717) is 30.4 Å². The molecule has 1 aliphatic carbocycles. The van der Waals surface area contributed by atoms with Crippen LogP contribution in [0.15, 0.2) is 64.8 Å². The van der Waals surface area contributed by atoms with E-state index in [-0.39, 0.29) is 11.8 Å². The Labute approximate surface area is 151 Å². The summed E-state index contributed by atoms with van der Waals surface area (Å²) in [7, 11) is 0. The minimum absolute atomic E-state index is 0.0193.